The van der Waals surface area contributed by atoms with Gasteiger partial charge in [0.25, 0.3) is 0 Å². The van der Waals surface area contributed by atoms with Crippen molar-refractivity contribution < 1.29 is 18.3 Å². The van der Waals surface area contributed by atoms with Crippen LogP contribution in [0.1, 0.15) is 10.4 Å². The quantitative estimate of drug-likeness (QED) is 0.912. The van der Waals surface area contributed by atoms with Crippen LogP contribution in [0.25, 0.3) is 10.9 Å². The van der Waals surface area contributed by atoms with Gasteiger partial charge in [-0.1, -0.05) is 11.6 Å². The fraction of sp³-hybridized carbons (Fsp3) is 0.0909. The molecule has 1 aromatic heterocycles. The highest BCUT2D eigenvalue weighted by atomic mass is 35.5. The molecule has 18 heavy (non-hydrogen) atoms. The van der Waals surface area contributed by atoms with Crippen molar-refractivity contribution in [1.82, 2.24) is 4.98 Å². The van der Waals surface area contributed by atoms with Crippen LogP contribution >= 0.6 is 11.6 Å². The second kappa shape index (κ2) is 4.22. The molecule has 2 aromatic rings. The van der Waals surface area contributed by atoms with Crippen LogP contribution in [0.4, 0.5) is 0 Å². The summed E-state index contributed by atoms with van der Waals surface area (Å²) in [5, 5.41) is 9.19. The van der Waals surface area contributed by atoms with E-state index in [9.17, 15) is 13.2 Å². The van der Waals surface area contributed by atoms with E-state index >= 15 is 0 Å². The first-order valence-corrected chi connectivity index (χ1v) is 7.10. The smallest absolute Gasteiger partial charge is 0.339 e. The molecule has 0 amide bonds. The van der Waals surface area contributed by atoms with Gasteiger partial charge in [0.1, 0.15) is 5.56 Å². The summed E-state index contributed by atoms with van der Waals surface area (Å²) in [6, 6.07) is 4.18. The van der Waals surface area contributed by atoms with Gasteiger partial charge in [0.15, 0.2) is 9.84 Å². The second-order valence-corrected chi connectivity index (χ2v) is 6.10. The number of nitrogens with zero attached hydrogens (tertiary/aromatic N) is 1. The van der Waals surface area contributed by atoms with E-state index in [2.05, 4.69) is 4.98 Å². The Hall–Kier alpha value is -1.66. The van der Waals surface area contributed by atoms with Crippen molar-refractivity contribution in [2.75, 3.05) is 6.26 Å². The molecule has 2 rings (SSSR count). The molecule has 5 nitrogen and oxygen atoms in total. The number of hydrogen-bond donors (Lipinski definition) is 1. The summed E-state index contributed by atoms with van der Waals surface area (Å²) in [6.07, 6.45) is 2.42. The summed E-state index contributed by atoms with van der Waals surface area (Å²) in [6.45, 7) is 0. The third-order valence-corrected chi connectivity index (χ3v) is 3.85. The van der Waals surface area contributed by atoms with E-state index < -0.39 is 15.8 Å². The van der Waals surface area contributed by atoms with Crippen molar-refractivity contribution >= 4 is 38.3 Å². The lowest BCUT2D eigenvalue weighted by molar-refractivity contribution is 0.0699. The van der Waals surface area contributed by atoms with Crippen molar-refractivity contribution in [3.8, 4) is 0 Å². The second-order valence-electron chi connectivity index (χ2n) is 3.71. The zero-order valence-corrected chi connectivity index (χ0v) is 10.8. The Labute approximate surface area is 108 Å². The molecule has 0 bridgehead atoms. The number of carboxylic acids is 1. The molecule has 0 saturated heterocycles. The van der Waals surface area contributed by atoms with E-state index in [1.54, 1.807) is 0 Å². The lowest BCUT2D eigenvalue weighted by atomic mass is 10.1. The van der Waals surface area contributed by atoms with Crippen LogP contribution in [0.15, 0.2) is 29.3 Å². The van der Waals surface area contributed by atoms with Gasteiger partial charge in [0.05, 0.1) is 15.4 Å². The molecule has 94 valence electrons. The zero-order valence-electron chi connectivity index (χ0n) is 9.21. The molecule has 7 heteroatoms. The molecular weight excluding hydrogens is 278 g/mol. The zero-order chi connectivity index (χ0) is 13.5. The lowest BCUT2D eigenvalue weighted by Gasteiger charge is -2.08. The first-order chi connectivity index (χ1) is 8.32. The Morgan fingerprint density at radius 3 is 2.67 bits per heavy atom. The minimum Gasteiger partial charge on any atom is -0.478 e. The van der Waals surface area contributed by atoms with Gasteiger partial charge in [0, 0.05) is 17.8 Å². The minimum absolute atomic E-state index is 0.0272. The van der Waals surface area contributed by atoms with E-state index in [0.717, 1.165) is 12.3 Å². The third kappa shape index (κ3) is 2.04. The molecule has 0 saturated carbocycles. The molecule has 0 fully saturated rings. The van der Waals surface area contributed by atoms with Crippen LogP contribution in [0, 0.1) is 0 Å². The van der Waals surface area contributed by atoms with Crippen LogP contribution in [0.2, 0.25) is 5.02 Å². The van der Waals surface area contributed by atoms with Gasteiger partial charge >= 0.3 is 5.97 Å². The van der Waals surface area contributed by atoms with Gasteiger partial charge in [-0.15, -0.1) is 0 Å². The number of aromatic nitrogens is 1. The van der Waals surface area contributed by atoms with Crippen molar-refractivity contribution in [3.63, 3.8) is 0 Å². The summed E-state index contributed by atoms with van der Waals surface area (Å²) in [5.41, 5.74) is -0.127. The van der Waals surface area contributed by atoms with Crippen molar-refractivity contribution in [2.45, 2.75) is 4.90 Å². The first kappa shape index (κ1) is 12.8. The molecule has 1 N–H and O–H groups in total. The van der Waals surface area contributed by atoms with Gasteiger partial charge in [-0.3, -0.25) is 4.98 Å². The number of pyridine rings is 1. The standard InChI is InChI=1S/C11H8ClNO4S/c1-18(16,17)8-5-7(12)9(11(14)15)10-6(8)3-2-4-13-10/h2-5H,1H3,(H,14,15). The van der Waals surface area contributed by atoms with E-state index in [1.165, 1.54) is 18.3 Å². The highest BCUT2D eigenvalue weighted by Gasteiger charge is 2.21. The fourth-order valence-corrected chi connectivity index (χ4v) is 2.93. The SMILES string of the molecule is CS(=O)(=O)c1cc(Cl)c(C(=O)O)c2ncccc12. The maximum absolute atomic E-state index is 11.6. The van der Waals surface area contributed by atoms with Gasteiger partial charge < -0.3 is 5.11 Å². The van der Waals surface area contributed by atoms with E-state index in [1.807, 2.05) is 0 Å². The average molecular weight is 286 g/mol. The number of fused-ring (bicyclic) bond motifs is 1. The number of carbonyl (C=O) groups is 1. The minimum atomic E-state index is -3.51. The summed E-state index contributed by atoms with van der Waals surface area (Å²) in [7, 11) is -3.51. The van der Waals surface area contributed by atoms with Crippen LogP contribution in [-0.4, -0.2) is 30.7 Å². The monoisotopic (exact) mass is 285 g/mol. The fourth-order valence-electron chi connectivity index (χ4n) is 1.69. The molecule has 0 unspecified atom stereocenters. The van der Waals surface area contributed by atoms with Crippen molar-refractivity contribution in [3.05, 3.63) is 35.0 Å². The van der Waals surface area contributed by atoms with Crippen LogP contribution in [0.5, 0.6) is 0 Å². The van der Waals surface area contributed by atoms with Gasteiger partial charge in [-0.25, -0.2) is 13.2 Å². The highest BCUT2D eigenvalue weighted by molar-refractivity contribution is 7.91. The Kier molecular flexibility index (Phi) is 3.00. The van der Waals surface area contributed by atoms with Crippen molar-refractivity contribution in [2.24, 2.45) is 0 Å². The summed E-state index contributed by atoms with van der Waals surface area (Å²) >= 11 is 5.82. The molecule has 0 atom stereocenters. The van der Waals surface area contributed by atoms with Crippen LogP contribution in [-0.2, 0) is 9.84 Å². The van der Waals surface area contributed by atoms with E-state index in [-0.39, 0.29) is 26.4 Å². The number of halogens is 1. The number of aromatic carboxylic acids is 1. The topological polar surface area (TPSA) is 84.3 Å². The molecule has 0 aliphatic carbocycles. The number of hydrogen-bond acceptors (Lipinski definition) is 4. The van der Waals surface area contributed by atoms with Crippen molar-refractivity contribution in [1.29, 1.82) is 0 Å². The van der Waals surface area contributed by atoms with Crippen LogP contribution < -0.4 is 0 Å². The summed E-state index contributed by atoms with van der Waals surface area (Å²) in [5.74, 6) is -1.25. The maximum atomic E-state index is 11.6. The summed E-state index contributed by atoms with van der Waals surface area (Å²) in [4.78, 5) is 15.0. The Balaban J connectivity index is 3.04. The molecule has 0 aliphatic heterocycles. The first-order valence-electron chi connectivity index (χ1n) is 4.83. The predicted octanol–water partition coefficient (Wildman–Crippen LogP) is 1.99. The van der Waals surface area contributed by atoms with Gasteiger partial charge in [-0.2, -0.15) is 0 Å². The highest BCUT2D eigenvalue weighted by Crippen LogP contribution is 2.30. The molecular formula is C11H8ClNO4S. The number of sulfone groups is 1. The Bertz CT molecular complexity index is 755. The predicted molar refractivity (Wildman–Crippen MR) is 66.8 cm³/mol. The lowest BCUT2D eigenvalue weighted by Crippen LogP contribution is -2.05. The van der Waals surface area contributed by atoms with E-state index in [0.29, 0.717) is 0 Å². The molecule has 0 aliphatic rings. The Morgan fingerprint density at radius 1 is 1.44 bits per heavy atom. The van der Waals surface area contributed by atoms with Gasteiger partial charge in [0.2, 0.25) is 0 Å². The van der Waals surface area contributed by atoms with Gasteiger partial charge in [-0.05, 0) is 18.2 Å². The molecule has 0 radical (unpaired) electrons. The molecule has 1 heterocycles. The normalized spacial score (nSPS) is 11.7. The number of benzene rings is 1. The Morgan fingerprint density at radius 2 is 2.11 bits per heavy atom. The largest absolute Gasteiger partial charge is 0.478 e. The third-order valence-electron chi connectivity index (χ3n) is 2.42. The maximum Gasteiger partial charge on any atom is 0.339 e. The molecule has 1 aromatic carbocycles. The number of rotatable bonds is 2. The van der Waals surface area contributed by atoms with E-state index in [4.69, 9.17) is 16.7 Å². The molecule has 0 spiro atoms. The van der Waals surface area contributed by atoms with Crippen LogP contribution in [0.3, 0.4) is 0 Å². The average Bonchev–Trinajstić information content (AvgIpc) is 2.25. The number of carboxylic acid groups (broad SMARTS) is 1. The summed E-state index contributed by atoms with van der Waals surface area (Å²) < 4.78 is 23.3.